The van der Waals surface area contributed by atoms with Crippen molar-refractivity contribution in [2.75, 3.05) is 58.8 Å². The van der Waals surface area contributed by atoms with Crippen LogP contribution in [0.5, 0.6) is 5.75 Å². The molecule has 2 N–H and O–H groups in total. The number of piperidine rings is 1. The molecule has 0 radical (unpaired) electrons. The van der Waals surface area contributed by atoms with E-state index in [-0.39, 0.29) is 12.5 Å². The van der Waals surface area contributed by atoms with Crippen LogP contribution in [0.3, 0.4) is 0 Å². The summed E-state index contributed by atoms with van der Waals surface area (Å²) in [5.41, 5.74) is 9.86. The molecule has 2 aromatic heterocycles. The van der Waals surface area contributed by atoms with Gasteiger partial charge in [-0.05, 0) is 63.0 Å². The predicted octanol–water partition coefficient (Wildman–Crippen LogP) is 4.20. The first kappa shape index (κ1) is 32.2. The molecule has 0 bridgehead atoms. The summed E-state index contributed by atoms with van der Waals surface area (Å²) in [6.07, 6.45) is 4.85. The van der Waals surface area contributed by atoms with Crippen molar-refractivity contribution < 1.29 is 23.8 Å². The van der Waals surface area contributed by atoms with Crippen molar-refractivity contribution in [1.82, 2.24) is 24.3 Å². The molecule has 0 aliphatic carbocycles. The number of aryl methyl sites for hydroxylation is 1. The van der Waals surface area contributed by atoms with Crippen LogP contribution in [0.15, 0.2) is 48.5 Å². The number of likely N-dealkylation sites (tertiary alicyclic amines) is 1. The van der Waals surface area contributed by atoms with Crippen LogP contribution < -0.4 is 10.5 Å². The summed E-state index contributed by atoms with van der Waals surface area (Å²) in [6, 6.07) is 15.5. The van der Waals surface area contributed by atoms with E-state index in [0.717, 1.165) is 60.2 Å². The molecule has 1 aliphatic rings. The minimum absolute atomic E-state index is 0.119. The van der Waals surface area contributed by atoms with E-state index in [1.807, 2.05) is 47.4 Å². The molecule has 1 amide bonds. The van der Waals surface area contributed by atoms with Crippen molar-refractivity contribution in [3.8, 4) is 5.75 Å². The fourth-order valence-electron chi connectivity index (χ4n) is 5.91. The van der Waals surface area contributed by atoms with Crippen LogP contribution in [0.1, 0.15) is 44.0 Å². The zero-order valence-corrected chi connectivity index (χ0v) is 26.4. The number of nitrogens with zero attached hydrogens (tertiary/aromatic N) is 5. The summed E-state index contributed by atoms with van der Waals surface area (Å²) in [5, 5.41) is 1.00. The van der Waals surface area contributed by atoms with Crippen LogP contribution in [0.25, 0.3) is 21.9 Å². The lowest BCUT2D eigenvalue weighted by atomic mass is 10.1. The first-order valence-corrected chi connectivity index (χ1v) is 15.9. The van der Waals surface area contributed by atoms with Crippen molar-refractivity contribution in [2.24, 2.45) is 0 Å². The highest BCUT2D eigenvalue weighted by molar-refractivity contribution is 6.06. The molecule has 0 unspecified atom stereocenters. The molecule has 1 fully saturated rings. The number of amides is 1. The van der Waals surface area contributed by atoms with Crippen molar-refractivity contribution in [1.29, 1.82) is 0 Å². The van der Waals surface area contributed by atoms with Crippen molar-refractivity contribution in [2.45, 2.75) is 52.1 Å². The molecule has 0 saturated carbocycles. The zero-order chi connectivity index (χ0) is 31.6. The summed E-state index contributed by atoms with van der Waals surface area (Å²) in [6.45, 7) is 6.53. The van der Waals surface area contributed by atoms with Crippen molar-refractivity contribution >= 4 is 39.6 Å². The van der Waals surface area contributed by atoms with E-state index < -0.39 is 5.97 Å². The number of hydrogen-bond acceptors (Lipinski definition) is 9. The lowest BCUT2D eigenvalue weighted by molar-refractivity contribution is -0.145. The maximum Gasteiger partial charge on any atom is 0.344 e. The van der Waals surface area contributed by atoms with Crippen LogP contribution in [0.4, 0.5) is 5.82 Å². The third kappa shape index (κ3) is 8.29. The van der Waals surface area contributed by atoms with E-state index in [0.29, 0.717) is 62.9 Å². The van der Waals surface area contributed by atoms with Gasteiger partial charge in [0, 0.05) is 38.6 Å². The summed E-state index contributed by atoms with van der Waals surface area (Å²) >= 11 is 0. The van der Waals surface area contributed by atoms with E-state index in [2.05, 4.69) is 20.5 Å². The molecular formula is C34H44N6O5. The highest BCUT2D eigenvalue weighted by atomic mass is 16.6. The van der Waals surface area contributed by atoms with Gasteiger partial charge >= 0.3 is 5.97 Å². The third-order valence-corrected chi connectivity index (χ3v) is 8.15. The van der Waals surface area contributed by atoms with Gasteiger partial charge in [-0.3, -0.25) is 9.69 Å². The normalized spacial score (nSPS) is 13.7. The number of nitrogen functional groups attached to an aromatic ring is 1. The van der Waals surface area contributed by atoms with E-state index in [1.165, 1.54) is 6.42 Å². The number of carbonyl (C=O) groups excluding carboxylic acids is 2. The monoisotopic (exact) mass is 616 g/mol. The van der Waals surface area contributed by atoms with E-state index in [1.54, 1.807) is 14.0 Å². The average molecular weight is 617 g/mol. The van der Waals surface area contributed by atoms with Crippen LogP contribution >= 0.6 is 0 Å². The highest BCUT2D eigenvalue weighted by Gasteiger charge is 2.21. The second-order valence-corrected chi connectivity index (χ2v) is 11.4. The molecule has 240 valence electrons. The molecule has 3 heterocycles. The summed E-state index contributed by atoms with van der Waals surface area (Å²) in [4.78, 5) is 39.1. The average Bonchev–Trinajstić information content (AvgIpc) is 3.42. The highest BCUT2D eigenvalue weighted by Crippen LogP contribution is 2.29. The van der Waals surface area contributed by atoms with Crippen LogP contribution in [-0.4, -0.2) is 89.3 Å². The number of rotatable bonds is 15. The maximum absolute atomic E-state index is 13.7. The number of anilines is 1. The number of aromatic nitrogens is 3. The van der Waals surface area contributed by atoms with Gasteiger partial charge in [-0.25, -0.2) is 14.8 Å². The first-order valence-electron chi connectivity index (χ1n) is 15.9. The number of imidazole rings is 1. The molecule has 5 rings (SSSR count). The van der Waals surface area contributed by atoms with E-state index in [4.69, 9.17) is 24.9 Å². The van der Waals surface area contributed by atoms with Crippen LogP contribution in [-0.2, 0) is 38.6 Å². The van der Waals surface area contributed by atoms with E-state index in [9.17, 15) is 9.59 Å². The quantitative estimate of drug-likeness (QED) is 0.196. The van der Waals surface area contributed by atoms with Gasteiger partial charge in [0.25, 0.3) is 0 Å². The number of hydrogen-bond donors (Lipinski definition) is 1. The van der Waals surface area contributed by atoms with Crippen LogP contribution in [0.2, 0.25) is 0 Å². The molecule has 11 heteroatoms. The number of carbonyl (C=O) groups is 2. The Morgan fingerprint density at radius 2 is 1.80 bits per heavy atom. The fraction of sp³-hybridized carbons (Fsp3) is 0.471. The SMILES string of the molecule is CCOC(=O)COc1ccc(CN(CCCn2c(CCOC)nc3c(N)nc4ccccc4c32)C(=O)CN2CCCCC2)cc1. The van der Waals surface area contributed by atoms with Crippen molar-refractivity contribution in [3.05, 3.63) is 59.9 Å². The topological polar surface area (TPSA) is 125 Å². The molecular weight excluding hydrogens is 572 g/mol. The fourth-order valence-corrected chi connectivity index (χ4v) is 5.91. The second kappa shape index (κ2) is 15.7. The Kier molecular flexibility index (Phi) is 11.2. The van der Waals surface area contributed by atoms with Gasteiger partial charge in [0.1, 0.15) is 17.1 Å². The van der Waals surface area contributed by atoms with Gasteiger partial charge in [0.2, 0.25) is 5.91 Å². The molecule has 0 spiro atoms. The zero-order valence-electron chi connectivity index (χ0n) is 26.4. The van der Waals surface area contributed by atoms with Gasteiger partial charge in [0.15, 0.2) is 12.4 Å². The molecule has 1 saturated heterocycles. The Hall–Kier alpha value is -4.22. The van der Waals surface area contributed by atoms with Crippen molar-refractivity contribution in [3.63, 3.8) is 0 Å². The Morgan fingerprint density at radius 1 is 1.02 bits per heavy atom. The molecule has 1 aliphatic heterocycles. The Balaban J connectivity index is 1.34. The van der Waals surface area contributed by atoms with Gasteiger partial charge in [-0.2, -0.15) is 0 Å². The van der Waals surface area contributed by atoms with E-state index >= 15 is 0 Å². The molecule has 2 aromatic carbocycles. The number of benzene rings is 2. The number of ether oxygens (including phenoxy) is 3. The summed E-state index contributed by atoms with van der Waals surface area (Å²) < 4.78 is 18.1. The number of fused-ring (bicyclic) bond motifs is 3. The Bertz CT molecular complexity index is 1580. The second-order valence-electron chi connectivity index (χ2n) is 11.4. The standard InChI is InChI=1S/C34H44N6O5/c1-3-44-31(42)24-45-26-14-12-25(13-15-26)22-39(30(41)23-38-17-7-4-8-18-38)19-9-20-40-29(16-21-43-2)37-32-33(40)27-10-5-6-11-28(27)36-34(32)35/h5-6,10-15H,3-4,7-9,16-24H2,1-2H3,(H2,35,36). The molecule has 4 aromatic rings. The summed E-state index contributed by atoms with van der Waals surface area (Å²) in [7, 11) is 1.68. The van der Waals surface area contributed by atoms with Gasteiger partial charge in [-0.1, -0.05) is 36.8 Å². The first-order chi connectivity index (χ1) is 22.0. The number of methoxy groups -OCH3 is 1. The molecule has 0 atom stereocenters. The number of nitrogens with two attached hydrogens (primary N) is 1. The predicted molar refractivity (Wildman–Crippen MR) is 174 cm³/mol. The third-order valence-electron chi connectivity index (χ3n) is 8.15. The summed E-state index contributed by atoms with van der Waals surface area (Å²) in [5.74, 6) is 1.59. The molecule has 11 nitrogen and oxygen atoms in total. The van der Waals surface area contributed by atoms with Crippen LogP contribution in [0, 0.1) is 0 Å². The maximum atomic E-state index is 13.7. The Labute approximate surface area is 264 Å². The van der Waals surface area contributed by atoms with Gasteiger partial charge in [0.05, 0.1) is 30.8 Å². The van der Waals surface area contributed by atoms with Gasteiger partial charge in [-0.15, -0.1) is 0 Å². The Morgan fingerprint density at radius 3 is 2.56 bits per heavy atom. The largest absolute Gasteiger partial charge is 0.482 e. The number of esters is 1. The minimum atomic E-state index is -0.404. The van der Waals surface area contributed by atoms with Gasteiger partial charge < -0.3 is 29.4 Å². The smallest absolute Gasteiger partial charge is 0.344 e. The number of para-hydroxylation sites is 1. The minimum Gasteiger partial charge on any atom is -0.482 e. The number of pyridine rings is 1. The lowest BCUT2D eigenvalue weighted by Gasteiger charge is -2.30. The molecule has 45 heavy (non-hydrogen) atoms. The lowest BCUT2D eigenvalue weighted by Crippen LogP contribution is -2.42.